The first-order valence-electron chi connectivity index (χ1n) is 8.31. The van der Waals surface area contributed by atoms with E-state index in [9.17, 15) is 9.59 Å². The largest absolute Gasteiger partial charge is 0.395 e. The summed E-state index contributed by atoms with van der Waals surface area (Å²) >= 11 is 0. The molecule has 0 bridgehead atoms. The van der Waals surface area contributed by atoms with Gasteiger partial charge >= 0.3 is 0 Å². The van der Waals surface area contributed by atoms with Gasteiger partial charge in [-0.25, -0.2) is 0 Å². The van der Waals surface area contributed by atoms with Gasteiger partial charge in [0.2, 0.25) is 5.91 Å². The number of hydrogen-bond donors (Lipinski definition) is 2. The molecule has 0 aliphatic carbocycles. The second kappa shape index (κ2) is 6.86. The Morgan fingerprint density at radius 1 is 1.38 bits per heavy atom. The smallest absolute Gasteiger partial charge is 0.276 e. The van der Waals surface area contributed by atoms with E-state index < -0.39 is 0 Å². The summed E-state index contributed by atoms with van der Waals surface area (Å²) in [6.07, 6.45) is 3.38. The number of aromatic nitrogens is 3. The molecule has 3 rings (SSSR count). The Morgan fingerprint density at radius 3 is 2.92 bits per heavy atom. The first kappa shape index (κ1) is 16.8. The van der Waals surface area contributed by atoms with Gasteiger partial charge in [0.05, 0.1) is 12.8 Å². The summed E-state index contributed by atoms with van der Waals surface area (Å²) in [7, 11) is 2.06. The molecule has 0 radical (unpaired) electrons. The zero-order valence-corrected chi connectivity index (χ0v) is 13.9. The fourth-order valence-corrected chi connectivity index (χ4v) is 3.69. The van der Waals surface area contributed by atoms with Gasteiger partial charge in [0, 0.05) is 44.7 Å². The molecular weight excluding hydrogens is 312 g/mol. The number of nitrogens with one attached hydrogen (secondary N) is 1. The van der Waals surface area contributed by atoms with Crippen molar-refractivity contribution < 1.29 is 14.7 Å². The lowest BCUT2D eigenvalue weighted by atomic mass is 9.86. The van der Waals surface area contributed by atoms with Gasteiger partial charge in [-0.05, 0) is 19.9 Å². The van der Waals surface area contributed by atoms with Gasteiger partial charge in [0.25, 0.3) is 5.91 Å². The molecule has 0 unspecified atom stereocenters. The molecule has 2 N–H and O–H groups in total. The lowest BCUT2D eigenvalue weighted by molar-refractivity contribution is -0.131. The average Bonchev–Trinajstić information content (AvgIpc) is 3.07. The number of amides is 2. The van der Waals surface area contributed by atoms with Gasteiger partial charge < -0.3 is 14.9 Å². The Hall–Kier alpha value is -2.00. The second-order valence-electron chi connectivity index (χ2n) is 6.58. The number of likely N-dealkylation sites (tertiary alicyclic amines) is 1. The molecule has 2 fully saturated rings. The van der Waals surface area contributed by atoms with Crippen LogP contribution in [-0.2, 0) is 4.79 Å². The number of hydrogen-bond acceptors (Lipinski definition) is 6. The number of rotatable bonds is 3. The third kappa shape index (κ3) is 3.13. The minimum atomic E-state index is -0.211. The maximum absolute atomic E-state index is 12.6. The number of likely N-dealkylation sites (N-methyl/N-ethyl adjacent to an activating group) is 1. The Labute approximate surface area is 140 Å². The lowest BCUT2D eigenvalue weighted by Crippen LogP contribution is -2.62. The van der Waals surface area contributed by atoms with E-state index in [2.05, 4.69) is 27.4 Å². The van der Waals surface area contributed by atoms with Crippen LogP contribution < -0.4 is 0 Å². The third-order valence-corrected chi connectivity index (χ3v) is 5.30. The van der Waals surface area contributed by atoms with E-state index in [0.717, 1.165) is 13.0 Å². The molecule has 1 aromatic heterocycles. The van der Waals surface area contributed by atoms with Gasteiger partial charge in [0.15, 0.2) is 5.69 Å². The number of nitrogens with zero attached hydrogens (tertiary/aromatic N) is 5. The summed E-state index contributed by atoms with van der Waals surface area (Å²) in [6, 6.07) is 0. The van der Waals surface area contributed by atoms with Gasteiger partial charge in [0.1, 0.15) is 0 Å². The number of piperazine rings is 1. The molecule has 132 valence electrons. The Kier molecular flexibility index (Phi) is 4.81. The van der Waals surface area contributed by atoms with E-state index in [1.807, 2.05) is 4.90 Å². The summed E-state index contributed by atoms with van der Waals surface area (Å²) in [5, 5.41) is 19.2. The molecule has 2 amide bonds. The fourth-order valence-electron chi connectivity index (χ4n) is 3.69. The molecule has 9 heteroatoms. The van der Waals surface area contributed by atoms with Gasteiger partial charge in [-0.3, -0.25) is 14.5 Å². The number of β-amino-alcohol motifs (C(OH)–C–C–N with tert-alkyl or cyclic N) is 1. The maximum Gasteiger partial charge on any atom is 0.276 e. The fraction of sp³-hybridized carbons (Fsp3) is 0.733. The van der Waals surface area contributed by atoms with Crippen LogP contribution in [0.4, 0.5) is 0 Å². The number of aliphatic hydroxyl groups is 1. The van der Waals surface area contributed by atoms with E-state index in [1.165, 1.54) is 6.20 Å². The average molecular weight is 336 g/mol. The van der Waals surface area contributed by atoms with Gasteiger partial charge in [-0.2, -0.15) is 15.4 Å². The predicted octanol–water partition coefficient (Wildman–Crippen LogP) is -1.06. The minimum Gasteiger partial charge on any atom is -0.395 e. The van der Waals surface area contributed by atoms with Crippen molar-refractivity contribution in [2.45, 2.75) is 24.8 Å². The number of aliphatic hydroxyl groups excluding tert-OH is 1. The van der Waals surface area contributed by atoms with Crippen LogP contribution >= 0.6 is 0 Å². The van der Waals surface area contributed by atoms with Crippen LogP contribution in [0, 0.1) is 0 Å². The summed E-state index contributed by atoms with van der Waals surface area (Å²) < 4.78 is 0. The molecule has 2 saturated heterocycles. The highest BCUT2D eigenvalue weighted by molar-refractivity contribution is 5.92. The van der Waals surface area contributed by atoms with Crippen molar-refractivity contribution in [2.75, 3.05) is 46.4 Å². The second-order valence-corrected chi connectivity index (χ2v) is 6.58. The molecule has 3 heterocycles. The molecule has 24 heavy (non-hydrogen) atoms. The van der Waals surface area contributed by atoms with Crippen molar-refractivity contribution in [3.8, 4) is 0 Å². The zero-order chi connectivity index (χ0) is 17.2. The topological polar surface area (TPSA) is 106 Å². The highest BCUT2D eigenvalue weighted by Crippen LogP contribution is 2.32. The summed E-state index contributed by atoms with van der Waals surface area (Å²) in [6.45, 7) is 2.94. The number of carbonyl (C=O) groups excluding carboxylic acids is 2. The normalized spacial score (nSPS) is 26.0. The zero-order valence-electron chi connectivity index (χ0n) is 13.9. The molecule has 0 aromatic carbocycles. The van der Waals surface area contributed by atoms with Crippen LogP contribution in [0.5, 0.6) is 0 Å². The molecule has 1 atom stereocenters. The molecule has 1 spiro atoms. The molecular formula is C15H24N6O3. The van der Waals surface area contributed by atoms with Crippen molar-refractivity contribution in [1.82, 2.24) is 30.1 Å². The molecule has 2 aliphatic rings. The lowest BCUT2D eigenvalue weighted by Gasteiger charge is -2.49. The number of H-pyrrole nitrogens is 1. The number of aromatic amines is 1. The van der Waals surface area contributed by atoms with Crippen molar-refractivity contribution in [2.24, 2.45) is 0 Å². The Morgan fingerprint density at radius 2 is 2.21 bits per heavy atom. The van der Waals surface area contributed by atoms with Crippen LogP contribution in [0.25, 0.3) is 0 Å². The van der Waals surface area contributed by atoms with Crippen LogP contribution in [0.15, 0.2) is 6.20 Å². The molecule has 0 saturated carbocycles. The standard InChI is InChI=1S/C15H24N6O3/c1-19-6-7-21(14(24)12-10-16-18-17-12)11-15(19)3-2-13(23)20(5-4-15)8-9-22/h10,22H,2-9,11H2,1H3,(H,16,17,18)/t15-/m1/s1. The highest BCUT2D eigenvalue weighted by atomic mass is 16.3. The van der Waals surface area contributed by atoms with Crippen LogP contribution in [0.1, 0.15) is 29.8 Å². The maximum atomic E-state index is 12.6. The van der Waals surface area contributed by atoms with E-state index in [-0.39, 0.29) is 24.0 Å². The monoisotopic (exact) mass is 336 g/mol. The SMILES string of the molecule is CN1CCN(C(=O)c2cn[nH]n2)C[C@]12CCC(=O)N(CCO)CC2. The van der Waals surface area contributed by atoms with E-state index in [0.29, 0.717) is 44.7 Å². The molecule has 9 nitrogen and oxygen atoms in total. The summed E-state index contributed by atoms with van der Waals surface area (Å²) in [5.41, 5.74) is 0.110. The first-order chi connectivity index (χ1) is 11.6. The highest BCUT2D eigenvalue weighted by Gasteiger charge is 2.43. The minimum absolute atomic E-state index is 0.0225. The van der Waals surface area contributed by atoms with Gasteiger partial charge in [-0.1, -0.05) is 0 Å². The Balaban J connectivity index is 1.75. The van der Waals surface area contributed by atoms with Crippen LogP contribution in [-0.4, -0.2) is 98.9 Å². The molecule has 2 aliphatic heterocycles. The van der Waals surface area contributed by atoms with Crippen molar-refractivity contribution >= 4 is 11.8 Å². The van der Waals surface area contributed by atoms with Gasteiger partial charge in [-0.15, -0.1) is 0 Å². The van der Waals surface area contributed by atoms with E-state index in [4.69, 9.17) is 5.11 Å². The van der Waals surface area contributed by atoms with E-state index in [1.54, 1.807) is 4.90 Å². The third-order valence-electron chi connectivity index (χ3n) is 5.30. The first-order valence-corrected chi connectivity index (χ1v) is 8.31. The van der Waals surface area contributed by atoms with Crippen LogP contribution in [0.2, 0.25) is 0 Å². The quantitative estimate of drug-likeness (QED) is 0.729. The predicted molar refractivity (Wildman–Crippen MR) is 85.2 cm³/mol. The van der Waals surface area contributed by atoms with E-state index >= 15 is 0 Å². The van der Waals surface area contributed by atoms with Crippen LogP contribution in [0.3, 0.4) is 0 Å². The van der Waals surface area contributed by atoms with Crippen molar-refractivity contribution in [3.05, 3.63) is 11.9 Å². The summed E-state index contributed by atoms with van der Waals surface area (Å²) in [4.78, 5) is 30.6. The summed E-state index contributed by atoms with van der Waals surface area (Å²) in [5.74, 6) is -0.0479. The number of carbonyl (C=O) groups is 2. The Bertz CT molecular complexity index is 592. The van der Waals surface area contributed by atoms with Crippen molar-refractivity contribution in [1.29, 1.82) is 0 Å². The molecule has 1 aromatic rings. The van der Waals surface area contributed by atoms with Crippen molar-refractivity contribution in [3.63, 3.8) is 0 Å².